The highest BCUT2D eigenvalue weighted by atomic mass is 19.4. The van der Waals surface area contributed by atoms with Crippen LogP contribution in [0.25, 0.3) is 0 Å². The SMILES string of the molecule is CC(C)(C)OC(=O)NC(=NCc1ccc(C(F)(F)F)cc1C(F)(F)F)NC(=O)OC(C)(C)C. The second kappa shape index (κ2) is 9.87. The molecule has 0 spiro atoms. The van der Waals surface area contributed by atoms with Crippen LogP contribution in [-0.2, 0) is 28.4 Å². The van der Waals surface area contributed by atoms with Crippen LogP contribution in [0.4, 0.5) is 35.9 Å². The van der Waals surface area contributed by atoms with Crippen LogP contribution in [-0.4, -0.2) is 29.3 Å². The molecule has 7 nitrogen and oxygen atoms in total. The Hall–Kier alpha value is -2.99. The number of aliphatic imine (C=N–C) groups is 1. The molecule has 0 aliphatic carbocycles. The Kier molecular flexibility index (Phi) is 8.39. The van der Waals surface area contributed by atoms with Crippen molar-refractivity contribution in [1.82, 2.24) is 10.6 Å². The molecule has 0 atom stereocenters. The van der Waals surface area contributed by atoms with E-state index < -0.39 is 64.9 Å². The molecule has 13 heteroatoms. The number of benzene rings is 1. The van der Waals surface area contributed by atoms with Crippen molar-refractivity contribution in [3.63, 3.8) is 0 Å². The third-order valence-corrected chi connectivity index (χ3v) is 3.39. The molecule has 0 aliphatic heterocycles. The molecule has 0 unspecified atom stereocenters. The second-order valence-electron chi connectivity index (χ2n) is 8.79. The van der Waals surface area contributed by atoms with Gasteiger partial charge in [0.05, 0.1) is 17.7 Å². The molecule has 1 aromatic carbocycles. The first-order valence-corrected chi connectivity index (χ1v) is 9.49. The number of alkyl carbamates (subject to hydrolysis) is 2. The Balaban J connectivity index is 3.28. The highest BCUT2D eigenvalue weighted by Gasteiger charge is 2.38. The summed E-state index contributed by atoms with van der Waals surface area (Å²) < 4.78 is 88.5. The number of hydrogen-bond donors (Lipinski definition) is 2. The van der Waals surface area contributed by atoms with Gasteiger partial charge >= 0.3 is 24.5 Å². The quantitative estimate of drug-likeness (QED) is 0.323. The minimum Gasteiger partial charge on any atom is -0.444 e. The third kappa shape index (κ3) is 10.4. The summed E-state index contributed by atoms with van der Waals surface area (Å²) in [4.78, 5) is 27.7. The van der Waals surface area contributed by atoms with Crippen LogP contribution in [0.5, 0.6) is 0 Å². The largest absolute Gasteiger partial charge is 0.444 e. The molecular formula is C20H25F6N3O4. The maximum Gasteiger partial charge on any atom is 0.416 e. The van der Waals surface area contributed by atoms with Gasteiger partial charge in [0.15, 0.2) is 0 Å². The van der Waals surface area contributed by atoms with Crippen LogP contribution in [0.3, 0.4) is 0 Å². The Bertz CT molecular complexity index is 865. The van der Waals surface area contributed by atoms with Gasteiger partial charge in [-0.3, -0.25) is 10.6 Å². The van der Waals surface area contributed by atoms with E-state index in [4.69, 9.17) is 9.47 Å². The lowest BCUT2D eigenvalue weighted by atomic mass is 10.0. The van der Waals surface area contributed by atoms with Crippen molar-refractivity contribution < 1.29 is 45.4 Å². The number of hydrogen-bond acceptors (Lipinski definition) is 5. The molecule has 2 amide bonds. The number of halogens is 6. The monoisotopic (exact) mass is 485 g/mol. The van der Waals surface area contributed by atoms with Crippen molar-refractivity contribution >= 4 is 18.1 Å². The molecule has 0 aliphatic rings. The van der Waals surface area contributed by atoms with Crippen LogP contribution in [0.15, 0.2) is 23.2 Å². The average Bonchev–Trinajstić information content (AvgIpc) is 2.54. The summed E-state index contributed by atoms with van der Waals surface area (Å²) in [7, 11) is 0. The number of carbonyl (C=O) groups excluding carboxylic acids is 2. The van der Waals surface area contributed by atoms with Crippen molar-refractivity contribution in [3.8, 4) is 0 Å². The fraction of sp³-hybridized carbons (Fsp3) is 0.550. The summed E-state index contributed by atoms with van der Waals surface area (Å²) in [6, 6.07) is 1.06. The number of amides is 2. The number of nitrogens with zero attached hydrogens (tertiary/aromatic N) is 1. The van der Waals surface area contributed by atoms with Gasteiger partial charge < -0.3 is 9.47 Å². The average molecular weight is 485 g/mol. The van der Waals surface area contributed by atoms with Crippen molar-refractivity contribution in [2.45, 2.75) is 71.6 Å². The minimum absolute atomic E-state index is 0.0346. The van der Waals surface area contributed by atoms with E-state index in [-0.39, 0.29) is 6.07 Å². The molecule has 0 fully saturated rings. The number of nitrogens with one attached hydrogen (secondary N) is 2. The van der Waals surface area contributed by atoms with Crippen LogP contribution in [0.2, 0.25) is 0 Å². The lowest BCUT2D eigenvalue weighted by Gasteiger charge is -2.22. The second-order valence-corrected chi connectivity index (χ2v) is 8.79. The number of rotatable bonds is 2. The Morgan fingerprint density at radius 3 is 1.64 bits per heavy atom. The van der Waals surface area contributed by atoms with Crippen molar-refractivity contribution in [2.75, 3.05) is 0 Å². The van der Waals surface area contributed by atoms with Gasteiger partial charge in [0, 0.05) is 0 Å². The Morgan fingerprint density at radius 2 is 1.27 bits per heavy atom. The number of guanidine groups is 1. The summed E-state index contributed by atoms with van der Waals surface area (Å²) in [5.74, 6) is -0.619. The van der Waals surface area contributed by atoms with Crippen LogP contribution >= 0.6 is 0 Å². The molecule has 1 aromatic rings. The van der Waals surface area contributed by atoms with Crippen LogP contribution < -0.4 is 10.6 Å². The minimum atomic E-state index is -5.11. The molecule has 0 heterocycles. The molecule has 1 rings (SSSR count). The topological polar surface area (TPSA) is 89.0 Å². The van der Waals surface area contributed by atoms with Crippen molar-refractivity contribution in [2.24, 2.45) is 4.99 Å². The predicted octanol–water partition coefficient (Wildman–Crippen LogP) is 5.63. The zero-order chi connectivity index (χ0) is 25.8. The zero-order valence-electron chi connectivity index (χ0n) is 18.8. The number of ether oxygens (including phenoxy) is 2. The summed E-state index contributed by atoms with van der Waals surface area (Å²) >= 11 is 0. The highest BCUT2D eigenvalue weighted by molar-refractivity contribution is 6.01. The van der Waals surface area contributed by atoms with E-state index in [1.54, 1.807) is 41.5 Å². The van der Waals surface area contributed by atoms with Gasteiger partial charge in [-0.25, -0.2) is 14.6 Å². The number of alkyl halides is 6. The van der Waals surface area contributed by atoms with E-state index in [0.29, 0.717) is 12.1 Å². The fourth-order valence-corrected chi connectivity index (χ4v) is 2.23. The first-order valence-electron chi connectivity index (χ1n) is 9.49. The number of carbonyl (C=O) groups is 2. The molecular weight excluding hydrogens is 460 g/mol. The van der Waals surface area contributed by atoms with E-state index in [1.807, 2.05) is 0 Å². The Labute approximate surface area is 186 Å². The van der Waals surface area contributed by atoms with Gasteiger partial charge in [-0.05, 0) is 59.2 Å². The van der Waals surface area contributed by atoms with Crippen molar-refractivity contribution in [1.29, 1.82) is 0 Å². The summed E-state index contributed by atoms with van der Waals surface area (Å²) in [6.07, 6.45) is -12.3. The normalized spacial score (nSPS) is 12.6. The van der Waals surface area contributed by atoms with Crippen molar-refractivity contribution in [3.05, 3.63) is 34.9 Å². The maximum absolute atomic E-state index is 13.3. The van der Waals surface area contributed by atoms with Gasteiger partial charge in [-0.15, -0.1) is 0 Å². The predicted molar refractivity (Wildman–Crippen MR) is 106 cm³/mol. The van der Waals surface area contributed by atoms with Gasteiger partial charge in [-0.1, -0.05) is 6.07 Å². The zero-order valence-corrected chi connectivity index (χ0v) is 18.8. The standard InChI is InChI=1S/C20H25F6N3O4/c1-17(2,3)32-15(30)28-14(29-16(31)33-18(4,5)6)27-10-11-7-8-12(19(21,22)23)9-13(11)20(24,25)26/h7-9H,10H2,1-6H3,(H2,27,28,29,30,31). The van der Waals surface area contributed by atoms with Gasteiger partial charge in [0.2, 0.25) is 5.96 Å². The van der Waals surface area contributed by atoms with E-state index in [9.17, 15) is 35.9 Å². The summed E-state index contributed by atoms with van der Waals surface area (Å²) in [5.41, 5.74) is -5.56. The first kappa shape index (κ1) is 28.0. The summed E-state index contributed by atoms with van der Waals surface area (Å²) in [6.45, 7) is 8.44. The molecule has 0 aromatic heterocycles. The lowest BCUT2D eigenvalue weighted by Crippen LogP contribution is -2.47. The van der Waals surface area contributed by atoms with E-state index in [0.717, 1.165) is 0 Å². The highest BCUT2D eigenvalue weighted by Crippen LogP contribution is 2.37. The maximum atomic E-state index is 13.3. The lowest BCUT2D eigenvalue weighted by molar-refractivity contribution is -0.143. The molecule has 186 valence electrons. The van der Waals surface area contributed by atoms with Gasteiger partial charge in [-0.2, -0.15) is 26.3 Å². The molecule has 2 N–H and O–H groups in total. The van der Waals surface area contributed by atoms with Crippen LogP contribution in [0.1, 0.15) is 58.2 Å². The van der Waals surface area contributed by atoms with E-state index in [2.05, 4.69) is 15.6 Å². The first-order chi connectivity index (χ1) is 14.7. The third-order valence-electron chi connectivity index (χ3n) is 3.39. The van der Waals surface area contributed by atoms with Gasteiger partial charge in [0.25, 0.3) is 0 Å². The molecule has 33 heavy (non-hydrogen) atoms. The molecule has 0 radical (unpaired) electrons. The van der Waals surface area contributed by atoms with Gasteiger partial charge in [0.1, 0.15) is 11.2 Å². The molecule has 0 saturated heterocycles. The molecule has 0 bridgehead atoms. The smallest absolute Gasteiger partial charge is 0.416 e. The summed E-state index contributed by atoms with van der Waals surface area (Å²) in [5, 5.41) is 4.14. The fourth-order valence-electron chi connectivity index (χ4n) is 2.23. The van der Waals surface area contributed by atoms with E-state index >= 15 is 0 Å². The van der Waals surface area contributed by atoms with E-state index in [1.165, 1.54) is 0 Å². The van der Waals surface area contributed by atoms with Crippen LogP contribution in [0, 0.1) is 0 Å². The molecule has 0 saturated carbocycles. The Morgan fingerprint density at radius 1 is 0.818 bits per heavy atom.